The van der Waals surface area contributed by atoms with E-state index in [1.54, 1.807) is 19.1 Å². The Morgan fingerprint density at radius 3 is 2.91 bits per heavy atom. The minimum absolute atomic E-state index is 0. The summed E-state index contributed by atoms with van der Waals surface area (Å²) < 4.78 is 18.8. The van der Waals surface area contributed by atoms with Crippen LogP contribution in [0.25, 0.3) is 0 Å². The fourth-order valence-electron chi connectivity index (χ4n) is 2.65. The molecule has 0 radical (unpaired) electrons. The molecular formula is C16H24ClFN2O2. The number of hydrogen-bond donors (Lipinski definition) is 1. The van der Waals surface area contributed by atoms with Crippen molar-refractivity contribution in [1.29, 1.82) is 0 Å². The summed E-state index contributed by atoms with van der Waals surface area (Å²) in [6, 6.07) is 6.12. The Kier molecular flexibility index (Phi) is 7.62. The van der Waals surface area contributed by atoms with Crippen LogP contribution in [0.1, 0.15) is 26.7 Å². The average molecular weight is 331 g/mol. The second-order valence-electron chi connectivity index (χ2n) is 5.40. The van der Waals surface area contributed by atoms with Gasteiger partial charge in [-0.05, 0) is 38.4 Å². The van der Waals surface area contributed by atoms with Crippen LogP contribution >= 0.6 is 12.4 Å². The predicted molar refractivity (Wildman–Crippen MR) is 87.0 cm³/mol. The van der Waals surface area contributed by atoms with Crippen molar-refractivity contribution in [2.75, 3.05) is 19.6 Å². The zero-order chi connectivity index (χ0) is 15.2. The number of benzene rings is 1. The Morgan fingerprint density at radius 2 is 2.32 bits per heavy atom. The van der Waals surface area contributed by atoms with Crippen LogP contribution in [0.15, 0.2) is 24.3 Å². The number of ether oxygens (including phenoxy) is 1. The lowest BCUT2D eigenvalue weighted by molar-refractivity contribution is -0.140. The van der Waals surface area contributed by atoms with Gasteiger partial charge in [0.1, 0.15) is 11.6 Å². The van der Waals surface area contributed by atoms with E-state index < -0.39 is 6.10 Å². The molecule has 2 unspecified atom stereocenters. The Balaban J connectivity index is 0.00000242. The van der Waals surface area contributed by atoms with E-state index in [0.717, 1.165) is 32.5 Å². The third-order valence-corrected chi connectivity index (χ3v) is 3.68. The topological polar surface area (TPSA) is 41.6 Å². The Labute approximate surface area is 137 Å². The fourth-order valence-corrected chi connectivity index (χ4v) is 2.65. The molecule has 2 atom stereocenters. The van der Waals surface area contributed by atoms with E-state index >= 15 is 0 Å². The van der Waals surface area contributed by atoms with E-state index in [1.807, 2.05) is 4.90 Å². The fraction of sp³-hybridized carbons (Fsp3) is 0.562. The van der Waals surface area contributed by atoms with Gasteiger partial charge in [0.05, 0.1) is 0 Å². The zero-order valence-electron chi connectivity index (χ0n) is 13.0. The molecule has 6 heteroatoms. The molecule has 1 aliphatic rings. The molecular weight excluding hydrogens is 307 g/mol. The lowest BCUT2D eigenvalue weighted by Gasteiger charge is -2.30. The van der Waals surface area contributed by atoms with Gasteiger partial charge in [-0.15, -0.1) is 12.4 Å². The first-order valence-corrected chi connectivity index (χ1v) is 7.55. The standard InChI is InChI=1S/C16H23FN2O2.ClH/c1-3-9-19(14-7-8-18-11-14)16(20)12(2)21-15-6-4-5-13(17)10-15;/h4-6,10,12,14,18H,3,7-9,11H2,1-2H3;1H. The van der Waals surface area contributed by atoms with E-state index in [-0.39, 0.29) is 30.2 Å². The van der Waals surface area contributed by atoms with Crippen LogP contribution in [0.2, 0.25) is 0 Å². The van der Waals surface area contributed by atoms with Gasteiger partial charge in [0.2, 0.25) is 0 Å². The number of nitrogens with one attached hydrogen (secondary N) is 1. The Morgan fingerprint density at radius 1 is 1.55 bits per heavy atom. The van der Waals surface area contributed by atoms with Crippen molar-refractivity contribution in [2.45, 2.75) is 38.8 Å². The Hall–Kier alpha value is -1.33. The van der Waals surface area contributed by atoms with Crippen molar-refractivity contribution in [3.05, 3.63) is 30.1 Å². The van der Waals surface area contributed by atoms with Crippen LogP contribution in [-0.4, -0.2) is 42.6 Å². The molecule has 0 aliphatic carbocycles. The molecule has 1 aromatic rings. The van der Waals surface area contributed by atoms with Gasteiger partial charge in [-0.3, -0.25) is 4.79 Å². The van der Waals surface area contributed by atoms with E-state index in [9.17, 15) is 9.18 Å². The monoisotopic (exact) mass is 330 g/mol. The van der Waals surface area contributed by atoms with Crippen molar-refractivity contribution in [2.24, 2.45) is 0 Å². The first-order chi connectivity index (χ1) is 10.1. The Bertz CT molecular complexity index is 481. The largest absolute Gasteiger partial charge is 0.481 e. The van der Waals surface area contributed by atoms with Gasteiger partial charge >= 0.3 is 0 Å². The molecule has 2 rings (SSSR count). The average Bonchev–Trinajstić information content (AvgIpc) is 2.98. The smallest absolute Gasteiger partial charge is 0.263 e. The molecule has 0 bridgehead atoms. The molecule has 1 aliphatic heterocycles. The highest BCUT2D eigenvalue weighted by atomic mass is 35.5. The number of carbonyl (C=O) groups is 1. The first-order valence-electron chi connectivity index (χ1n) is 7.55. The predicted octanol–water partition coefficient (Wildman–Crippen LogP) is 2.62. The highest BCUT2D eigenvalue weighted by Gasteiger charge is 2.29. The third-order valence-electron chi connectivity index (χ3n) is 3.68. The summed E-state index contributed by atoms with van der Waals surface area (Å²) in [6.07, 6.45) is 1.27. The maximum absolute atomic E-state index is 13.2. The minimum Gasteiger partial charge on any atom is -0.481 e. The van der Waals surface area contributed by atoms with Gasteiger partial charge in [0, 0.05) is 25.2 Å². The van der Waals surface area contributed by atoms with Crippen LogP contribution in [0.4, 0.5) is 4.39 Å². The molecule has 1 saturated heterocycles. The van der Waals surface area contributed by atoms with Gasteiger partial charge in [-0.25, -0.2) is 4.39 Å². The van der Waals surface area contributed by atoms with Gasteiger partial charge in [0.15, 0.2) is 6.10 Å². The molecule has 0 saturated carbocycles. The van der Waals surface area contributed by atoms with Crippen molar-refractivity contribution < 1.29 is 13.9 Å². The van der Waals surface area contributed by atoms with E-state index in [2.05, 4.69) is 12.2 Å². The highest BCUT2D eigenvalue weighted by Crippen LogP contribution is 2.17. The zero-order valence-corrected chi connectivity index (χ0v) is 13.9. The van der Waals surface area contributed by atoms with Crippen molar-refractivity contribution in [1.82, 2.24) is 10.2 Å². The van der Waals surface area contributed by atoms with Gasteiger partial charge in [0.25, 0.3) is 5.91 Å². The van der Waals surface area contributed by atoms with Crippen molar-refractivity contribution >= 4 is 18.3 Å². The lowest BCUT2D eigenvalue weighted by atomic mass is 10.2. The summed E-state index contributed by atoms with van der Waals surface area (Å²) in [7, 11) is 0. The SMILES string of the molecule is CCCN(C(=O)C(C)Oc1cccc(F)c1)C1CCNC1.Cl. The molecule has 1 N–H and O–H groups in total. The number of carbonyl (C=O) groups excluding carboxylic acids is 1. The number of rotatable bonds is 6. The van der Waals surface area contributed by atoms with Gasteiger partial charge < -0.3 is 15.0 Å². The molecule has 1 amide bonds. The summed E-state index contributed by atoms with van der Waals surface area (Å²) in [5, 5.41) is 3.28. The number of hydrogen-bond acceptors (Lipinski definition) is 3. The number of nitrogens with zero attached hydrogens (tertiary/aromatic N) is 1. The highest BCUT2D eigenvalue weighted by molar-refractivity contribution is 5.85. The molecule has 1 fully saturated rings. The van der Waals surface area contributed by atoms with Crippen LogP contribution in [0.3, 0.4) is 0 Å². The molecule has 0 spiro atoms. The van der Waals surface area contributed by atoms with Gasteiger partial charge in [-0.2, -0.15) is 0 Å². The van der Waals surface area contributed by atoms with Crippen molar-refractivity contribution in [3.8, 4) is 5.75 Å². The summed E-state index contributed by atoms with van der Waals surface area (Å²) in [5.41, 5.74) is 0. The minimum atomic E-state index is -0.612. The summed E-state index contributed by atoms with van der Waals surface area (Å²) in [4.78, 5) is 14.5. The van der Waals surface area contributed by atoms with E-state index in [1.165, 1.54) is 12.1 Å². The second kappa shape index (κ2) is 8.96. The summed E-state index contributed by atoms with van der Waals surface area (Å²) in [5.74, 6) is -0.00999. The third kappa shape index (κ3) is 4.85. The maximum atomic E-state index is 13.2. The first kappa shape index (κ1) is 18.7. The van der Waals surface area contributed by atoms with E-state index in [0.29, 0.717) is 5.75 Å². The van der Waals surface area contributed by atoms with Crippen LogP contribution < -0.4 is 10.1 Å². The molecule has 124 valence electrons. The number of amides is 1. The van der Waals surface area contributed by atoms with E-state index in [4.69, 9.17) is 4.74 Å². The normalized spacial score (nSPS) is 18.4. The molecule has 1 heterocycles. The number of halogens is 2. The van der Waals surface area contributed by atoms with Crippen molar-refractivity contribution in [3.63, 3.8) is 0 Å². The lowest BCUT2D eigenvalue weighted by Crippen LogP contribution is -2.47. The van der Waals surface area contributed by atoms with Gasteiger partial charge in [-0.1, -0.05) is 13.0 Å². The summed E-state index contributed by atoms with van der Waals surface area (Å²) >= 11 is 0. The van der Waals surface area contributed by atoms with Crippen LogP contribution in [0.5, 0.6) is 5.75 Å². The molecule has 0 aromatic heterocycles. The quantitative estimate of drug-likeness (QED) is 0.871. The maximum Gasteiger partial charge on any atom is 0.263 e. The van der Waals surface area contributed by atoms with Crippen LogP contribution in [-0.2, 0) is 4.79 Å². The molecule has 22 heavy (non-hydrogen) atoms. The summed E-state index contributed by atoms with van der Waals surface area (Å²) in [6.45, 7) is 6.27. The molecule has 1 aromatic carbocycles. The second-order valence-corrected chi connectivity index (χ2v) is 5.40. The van der Waals surface area contributed by atoms with Crippen LogP contribution in [0, 0.1) is 5.82 Å². The molecule has 4 nitrogen and oxygen atoms in total.